The van der Waals surface area contributed by atoms with Crippen LogP contribution in [-0.2, 0) is 0 Å². The van der Waals surface area contributed by atoms with Gasteiger partial charge in [-0.2, -0.15) is 0 Å². The molecule has 0 aromatic heterocycles. The van der Waals surface area contributed by atoms with Crippen LogP contribution in [0.5, 0.6) is 0 Å². The van der Waals surface area contributed by atoms with Gasteiger partial charge in [0.2, 0.25) is 0 Å². The summed E-state index contributed by atoms with van der Waals surface area (Å²) in [5.41, 5.74) is 0.598. The lowest BCUT2D eigenvalue weighted by molar-refractivity contribution is 0.0801. The number of hydrogen-bond donors (Lipinski definition) is 1. The Morgan fingerprint density at radius 1 is 1.32 bits per heavy atom. The first kappa shape index (κ1) is 13.8. The Balaban J connectivity index is 2.06. The highest BCUT2D eigenvalue weighted by Gasteiger charge is 2.25. The molecule has 1 atom stereocenters. The van der Waals surface area contributed by atoms with E-state index >= 15 is 0 Å². The van der Waals surface area contributed by atoms with E-state index in [0.29, 0.717) is 17.6 Å². The second kappa shape index (κ2) is 5.98. The minimum absolute atomic E-state index is 0.0226. The summed E-state index contributed by atoms with van der Waals surface area (Å²) in [5.74, 6) is 0.0226. The molecular formula is C17H20O2. The van der Waals surface area contributed by atoms with Gasteiger partial charge in [-0.15, -0.1) is 0 Å². The third kappa shape index (κ3) is 3.42. The molecule has 0 saturated heterocycles. The van der Waals surface area contributed by atoms with Crippen molar-refractivity contribution in [1.29, 1.82) is 0 Å². The van der Waals surface area contributed by atoms with Crippen molar-refractivity contribution >= 4 is 5.78 Å². The zero-order valence-electron chi connectivity index (χ0n) is 11.3. The van der Waals surface area contributed by atoms with E-state index in [4.69, 9.17) is 0 Å². The van der Waals surface area contributed by atoms with E-state index in [-0.39, 0.29) is 5.78 Å². The average molecular weight is 256 g/mol. The van der Waals surface area contributed by atoms with E-state index in [1.807, 2.05) is 36.4 Å². The quantitative estimate of drug-likeness (QED) is 0.816. The van der Waals surface area contributed by atoms with Gasteiger partial charge < -0.3 is 5.11 Å². The van der Waals surface area contributed by atoms with Gasteiger partial charge in [0.25, 0.3) is 0 Å². The van der Waals surface area contributed by atoms with Crippen molar-refractivity contribution in [3.8, 4) is 0 Å². The van der Waals surface area contributed by atoms with Gasteiger partial charge in [0, 0.05) is 11.1 Å². The predicted molar refractivity (Wildman–Crippen MR) is 77.1 cm³/mol. The van der Waals surface area contributed by atoms with Gasteiger partial charge in [-0.25, -0.2) is 0 Å². The summed E-state index contributed by atoms with van der Waals surface area (Å²) in [6, 6.07) is 9.24. The third-order valence-electron chi connectivity index (χ3n) is 3.51. The van der Waals surface area contributed by atoms with Crippen LogP contribution in [0.3, 0.4) is 0 Å². The van der Waals surface area contributed by atoms with Crippen LogP contribution in [-0.4, -0.2) is 16.5 Å². The SMILES string of the molecule is CCCCC1(O)C=CC(C(=O)c2ccccc2)=CC1. The Morgan fingerprint density at radius 2 is 2.05 bits per heavy atom. The Kier molecular flexibility index (Phi) is 4.33. The van der Waals surface area contributed by atoms with Crippen molar-refractivity contribution < 1.29 is 9.90 Å². The first-order valence-electron chi connectivity index (χ1n) is 6.86. The summed E-state index contributed by atoms with van der Waals surface area (Å²) in [4.78, 5) is 12.2. The predicted octanol–water partition coefficient (Wildman–Crippen LogP) is 3.68. The van der Waals surface area contributed by atoms with Crippen molar-refractivity contribution in [2.75, 3.05) is 0 Å². The van der Waals surface area contributed by atoms with Crippen molar-refractivity contribution in [2.24, 2.45) is 0 Å². The molecule has 0 spiro atoms. The first-order chi connectivity index (χ1) is 9.14. The molecule has 0 bridgehead atoms. The highest BCUT2D eigenvalue weighted by molar-refractivity contribution is 6.10. The molecule has 0 saturated carbocycles. The van der Waals surface area contributed by atoms with Gasteiger partial charge in [0.1, 0.15) is 0 Å². The molecule has 100 valence electrons. The van der Waals surface area contributed by atoms with Gasteiger partial charge in [-0.3, -0.25) is 4.79 Å². The molecule has 1 unspecified atom stereocenters. The Labute approximate surface area is 114 Å². The summed E-state index contributed by atoms with van der Waals surface area (Å²) in [5, 5.41) is 10.3. The summed E-state index contributed by atoms with van der Waals surface area (Å²) in [6.07, 6.45) is 8.73. The average Bonchev–Trinajstić information content (AvgIpc) is 2.46. The lowest BCUT2D eigenvalue weighted by Crippen LogP contribution is -2.27. The smallest absolute Gasteiger partial charge is 0.192 e. The van der Waals surface area contributed by atoms with Crippen LogP contribution in [0, 0.1) is 0 Å². The van der Waals surface area contributed by atoms with Crippen LogP contribution in [0.1, 0.15) is 43.0 Å². The second-order valence-electron chi connectivity index (χ2n) is 5.10. The maximum absolute atomic E-state index is 12.2. The van der Waals surface area contributed by atoms with Gasteiger partial charge >= 0.3 is 0 Å². The lowest BCUT2D eigenvalue weighted by Gasteiger charge is -2.26. The highest BCUT2D eigenvalue weighted by atomic mass is 16.3. The van der Waals surface area contributed by atoms with E-state index in [9.17, 15) is 9.90 Å². The summed E-state index contributed by atoms with van der Waals surface area (Å²) >= 11 is 0. The Morgan fingerprint density at radius 3 is 2.63 bits per heavy atom. The number of allylic oxidation sites excluding steroid dienone is 2. The molecule has 1 aliphatic rings. The minimum atomic E-state index is -0.767. The summed E-state index contributed by atoms with van der Waals surface area (Å²) in [6.45, 7) is 2.11. The van der Waals surface area contributed by atoms with Crippen molar-refractivity contribution in [1.82, 2.24) is 0 Å². The van der Waals surface area contributed by atoms with Crippen molar-refractivity contribution in [3.05, 3.63) is 59.7 Å². The number of benzene rings is 1. The van der Waals surface area contributed by atoms with E-state index in [0.717, 1.165) is 19.3 Å². The molecule has 1 aromatic carbocycles. The maximum Gasteiger partial charge on any atom is 0.192 e. The number of ketones is 1. The number of carbonyl (C=O) groups is 1. The van der Waals surface area contributed by atoms with Crippen LogP contribution in [0.2, 0.25) is 0 Å². The molecule has 0 aliphatic heterocycles. The first-order valence-corrected chi connectivity index (χ1v) is 6.86. The standard InChI is InChI=1S/C17H20O2/c1-2-3-11-17(19)12-9-15(10-13-17)16(18)14-7-5-4-6-8-14/h4-10,12,19H,2-3,11,13H2,1H3. The number of hydrogen-bond acceptors (Lipinski definition) is 2. The van der Waals surface area contributed by atoms with Gasteiger partial charge in [0.15, 0.2) is 5.78 Å². The Hall–Kier alpha value is -1.67. The van der Waals surface area contributed by atoms with E-state index in [1.54, 1.807) is 12.2 Å². The topological polar surface area (TPSA) is 37.3 Å². The van der Waals surface area contributed by atoms with Crippen LogP contribution >= 0.6 is 0 Å². The molecule has 1 N–H and O–H groups in total. The molecule has 2 nitrogen and oxygen atoms in total. The minimum Gasteiger partial charge on any atom is -0.385 e. The number of unbranched alkanes of at least 4 members (excludes halogenated alkanes) is 1. The normalized spacial score (nSPS) is 22.1. The van der Waals surface area contributed by atoms with Crippen molar-refractivity contribution in [3.63, 3.8) is 0 Å². The molecule has 1 aromatic rings. The molecule has 2 heteroatoms. The summed E-state index contributed by atoms with van der Waals surface area (Å²) in [7, 11) is 0. The number of rotatable bonds is 5. The number of carbonyl (C=O) groups excluding carboxylic acids is 1. The van der Waals surface area contributed by atoms with Gasteiger partial charge in [0.05, 0.1) is 5.60 Å². The largest absolute Gasteiger partial charge is 0.385 e. The zero-order chi connectivity index (χ0) is 13.7. The lowest BCUT2D eigenvalue weighted by atomic mass is 9.86. The molecule has 19 heavy (non-hydrogen) atoms. The van der Waals surface area contributed by atoms with Gasteiger partial charge in [-0.05, 0) is 12.8 Å². The monoisotopic (exact) mass is 256 g/mol. The van der Waals surface area contributed by atoms with E-state index in [1.165, 1.54) is 0 Å². The Bertz CT molecular complexity index is 499. The maximum atomic E-state index is 12.2. The number of Topliss-reactive ketones (excluding diaryl/α,β-unsaturated/α-hetero) is 1. The molecule has 0 heterocycles. The molecule has 0 amide bonds. The third-order valence-corrected chi connectivity index (χ3v) is 3.51. The molecule has 1 aliphatic carbocycles. The molecule has 0 fully saturated rings. The molecule has 0 radical (unpaired) electrons. The van der Waals surface area contributed by atoms with Crippen LogP contribution in [0.15, 0.2) is 54.1 Å². The van der Waals surface area contributed by atoms with E-state index in [2.05, 4.69) is 6.92 Å². The zero-order valence-corrected chi connectivity index (χ0v) is 11.3. The molecule has 2 rings (SSSR count). The summed E-state index contributed by atoms with van der Waals surface area (Å²) < 4.78 is 0. The van der Waals surface area contributed by atoms with Crippen LogP contribution in [0.25, 0.3) is 0 Å². The van der Waals surface area contributed by atoms with Gasteiger partial charge in [-0.1, -0.05) is 68.3 Å². The fourth-order valence-electron chi connectivity index (χ4n) is 2.26. The number of aliphatic hydroxyl groups is 1. The van der Waals surface area contributed by atoms with E-state index < -0.39 is 5.60 Å². The molecular weight excluding hydrogens is 236 g/mol. The second-order valence-corrected chi connectivity index (χ2v) is 5.10. The van der Waals surface area contributed by atoms with Crippen LogP contribution < -0.4 is 0 Å². The fourth-order valence-corrected chi connectivity index (χ4v) is 2.26. The fraction of sp³-hybridized carbons (Fsp3) is 0.353. The van der Waals surface area contributed by atoms with Crippen LogP contribution in [0.4, 0.5) is 0 Å². The van der Waals surface area contributed by atoms with Crippen molar-refractivity contribution in [2.45, 2.75) is 38.2 Å². The highest BCUT2D eigenvalue weighted by Crippen LogP contribution is 2.27.